The van der Waals surface area contributed by atoms with E-state index in [0.29, 0.717) is 5.02 Å². The Morgan fingerprint density at radius 1 is 1.13 bits per heavy atom. The van der Waals surface area contributed by atoms with Crippen molar-refractivity contribution < 1.29 is 18.0 Å². The van der Waals surface area contributed by atoms with Crippen LogP contribution in [0.15, 0.2) is 53.4 Å². The lowest BCUT2D eigenvalue weighted by atomic mass is 9.96. The molecule has 0 amide bonds. The normalized spacial score (nSPS) is 20.1. The first-order valence-corrected chi connectivity index (χ1v) is 8.57. The summed E-state index contributed by atoms with van der Waals surface area (Å²) in [4.78, 5) is 25.3. The summed E-state index contributed by atoms with van der Waals surface area (Å²) >= 11 is 5.87. The predicted molar refractivity (Wildman–Crippen MR) is 85.3 cm³/mol. The number of hydrogen-bond donors (Lipinski definition) is 0. The van der Waals surface area contributed by atoms with E-state index in [-0.39, 0.29) is 16.0 Å². The van der Waals surface area contributed by atoms with Crippen molar-refractivity contribution >= 4 is 33.2 Å². The molecule has 1 atom stereocenters. The van der Waals surface area contributed by atoms with E-state index in [4.69, 9.17) is 11.6 Å². The highest BCUT2D eigenvalue weighted by molar-refractivity contribution is 7.89. The molecule has 118 valence electrons. The molecule has 0 spiro atoms. The van der Waals surface area contributed by atoms with Gasteiger partial charge in [-0.25, -0.2) is 8.42 Å². The second-order valence-corrected chi connectivity index (χ2v) is 7.56. The van der Waals surface area contributed by atoms with Crippen molar-refractivity contribution in [3.63, 3.8) is 0 Å². The minimum Gasteiger partial charge on any atom is -0.292 e. The first-order chi connectivity index (χ1) is 10.8. The zero-order valence-electron chi connectivity index (χ0n) is 12.1. The number of likely N-dealkylation sites (N-methyl/N-ethyl adjacent to an activating group) is 1. The molecule has 7 heteroatoms. The van der Waals surface area contributed by atoms with Crippen LogP contribution in [0.4, 0.5) is 0 Å². The van der Waals surface area contributed by atoms with Gasteiger partial charge in [0.25, 0.3) is 0 Å². The third-order valence-electron chi connectivity index (χ3n) is 3.78. The largest absolute Gasteiger partial charge is 0.292 e. The van der Waals surface area contributed by atoms with Crippen molar-refractivity contribution in [2.24, 2.45) is 0 Å². The Bertz CT molecular complexity index is 923. The average molecular weight is 350 g/mol. The number of carbonyl (C=O) groups is 2. The molecule has 1 aliphatic rings. The molecule has 2 aromatic rings. The first kappa shape index (κ1) is 15.9. The Kier molecular flexibility index (Phi) is 3.83. The fourth-order valence-corrected chi connectivity index (χ4v) is 4.25. The molecule has 0 aliphatic carbocycles. The van der Waals surface area contributed by atoms with E-state index >= 15 is 0 Å². The van der Waals surface area contributed by atoms with Crippen molar-refractivity contribution in [3.05, 3.63) is 64.7 Å². The van der Waals surface area contributed by atoms with Gasteiger partial charge in [-0.3, -0.25) is 9.59 Å². The number of hydrogen-bond acceptors (Lipinski definition) is 4. The maximum atomic E-state index is 12.7. The van der Waals surface area contributed by atoms with E-state index < -0.39 is 27.6 Å². The van der Waals surface area contributed by atoms with Gasteiger partial charge < -0.3 is 0 Å². The number of carbonyl (C=O) groups excluding carboxylic acids is 2. The van der Waals surface area contributed by atoms with Crippen LogP contribution in [0.5, 0.6) is 0 Å². The number of benzene rings is 2. The quantitative estimate of drug-likeness (QED) is 0.616. The highest BCUT2D eigenvalue weighted by atomic mass is 35.5. The summed E-state index contributed by atoms with van der Waals surface area (Å²) in [5.74, 6) is -1.14. The molecule has 5 nitrogen and oxygen atoms in total. The molecule has 0 saturated heterocycles. The molecule has 0 saturated carbocycles. The highest BCUT2D eigenvalue weighted by Gasteiger charge is 2.45. The van der Waals surface area contributed by atoms with Gasteiger partial charge in [-0.1, -0.05) is 35.9 Å². The Hall–Kier alpha value is -2.02. The highest BCUT2D eigenvalue weighted by Crippen LogP contribution is 2.30. The molecule has 0 aromatic heterocycles. The molecular weight excluding hydrogens is 338 g/mol. The zero-order chi connectivity index (χ0) is 16.8. The molecule has 0 radical (unpaired) electrons. The van der Waals surface area contributed by atoms with Crippen LogP contribution < -0.4 is 0 Å². The number of Topliss-reactive ketones (excluding diaryl/α,β-unsaturated/α-hetero) is 2. The average Bonchev–Trinajstić information content (AvgIpc) is 2.53. The van der Waals surface area contributed by atoms with E-state index in [2.05, 4.69) is 0 Å². The van der Waals surface area contributed by atoms with Crippen LogP contribution in [-0.4, -0.2) is 37.4 Å². The molecule has 3 rings (SSSR count). The van der Waals surface area contributed by atoms with Crippen molar-refractivity contribution in [2.45, 2.75) is 10.9 Å². The van der Waals surface area contributed by atoms with E-state index in [1.807, 2.05) is 0 Å². The topological polar surface area (TPSA) is 71.5 Å². The lowest BCUT2D eigenvalue weighted by molar-refractivity contribution is 0.0784. The van der Waals surface area contributed by atoms with Gasteiger partial charge in [0.15, 0.2) is 17.6 Å². The van der Waals surface area contributed by atoms with Gasteiger partial charge in [0, 0.05) is 23.2 Å². The van der Waals surface area contributed by atoms with Crippen molar-refractivity contribution in [3.8, 4) is 0 Å². The number of ketones is 2. The molecule has 1 unspecified atom stereocenters. The van der Waals surface area contributed by atoms with E-state index in [0.717, 1.165) is 4.31 Å². The molecule has 0 N–H and O–H groups in total. The fourth-order valence-electron chi connectivity index (χ4n) is 2.59. The smallest absolute Gasteiger partial charge is 0.244 e. The van der Waals surface area contributed by atoms with E-state index in [1.54, 1.807) is 18.2 Å². The molecule has 23 heavy (non-hydrogen) atoms. The Morgan fingerprint density at radius 2 is 1.83 bits per heavy atom. The van der Waals surface area contributed by atoms with Gasteiger partial charge in [-0.2, -0.15) is 4.31 Å². The van der Waals surface area contributed by atoms with Gasteiger partial charge in [0.1, 0.15) is 0 Å². The molecule has 0 fully saturated rings. The van der Waals surface area contributed by atoms with Crippen LogP contribution in [-0.2, 0) is 10.0 Å². The van der Waals surface area contributed by atoms with Crippen molar-refractivity contribution in [1.82, 2.24) is 4.31 Å². The molecule has 1 aliphatic heterocycles. The first-order valence-electron chi connectivity index (χ1n) is 6.75. The van der Waals surface area contributed by atoms with Crippen LogP contribution in [0.25, 0.3) is 0 Å². The van der Waals surface area contributed by atoms with Gasteiger partial charge in [-0.05, 0) is 24.3 Å². The third-order valence-corrected chi connectivity index (χ3v) is 5.89. The van der Waals surface area contributed by atoms with Crippen molar-refractivity contribution in [2.75, 3.05) is 7.05 Å². The lowest BCUT2D eigenvalue weighted by Crippen LogP contribution is -2.51. The van der Waals surface area contributed by atoms with Gasteiger partial charge in [0.05, 0.1) is 4.90 Å². The van der Waals surface area contributed by atoms with Gasteiger partial charge in [-0.15, -0.1) is 0 Å². The second kappa shape index (κ2) is 5.56. The van der Waals surface area contributed by atoms with Crippen LogP contribution in [0.2, 0.25) is 5.02 Å². The van der Waals surface area contributed by atoms with Crippen molar-refractivity contribution in [1.29, 1.82) is 0 Å². The summed E-state index contributed by atoms with van der Waals surface area (Å²) in [7, 11) is -2.67. The zero-order valence-corrected chi connectivity index (χ0v) is 13.6. The predicted octanol–water partition coefficient (Wildman–Crippen LogP) is 2.41. The SMILES string of the molecule is CN1C(C(=O)c2cccc(Cl)c2)C(=O)c2ccccc2S1(=O)=O. The fraction of sp³-hybridized carbons (Fsp3) is 0.125. The maximum absolute atomic E-state index is 12.7. The summed E-state index contributed by atoms with van der Waals surface area (Å²) < 4.78 is 25.9. The Balaban J connectivity index is 2.14. The minimum absolute atomic E-state index is 0.0333. The molecule has 0 bridgehead atoms. The summed E-state index contributed by atoms with van der Waals surface area (Å²) in [6, 6.07) is 10.5. The number of fused-ring (bicyclic) bond motifs is 1. The molecule has 1 heterocycles. The Morgan fingerprint density at radius 3 is 2.52 bits per heavy atom. The number of sulfonamides is 1. The lowest BCUT2D eigenvalue weighted by Gasteiger charge is -2.31. The second-order valence-electron chi connectivity index (χ2n) is 5.16. The van der Waals surface area contributed by atoms with E-state index in [9.17, 15) is 18.0 Å². The number of rotatable bonds is 2. The number of halogens is 1. The Labute approximate surface area is 138 Å². The van der Waals surface area contributed by atoms with Crippen LogP contribution in [0.1, 0.15) is 20.7 Å². The molecular formula is C16H12ClNO4S. The number of nitrogens with zero attached hydrogens (tertiary/aromatic N) is 1. The van der Waals surface area contributed by atoms with Crippen LogP contribution in [0.3, 0.4) is 0 Å². The summed E-state index contributed by atoms with van der Waals surface area (Å²) in [6.07, 6.45) is 0. The summed E-state index contributed by atoms with van der Waals surface area (Å²) in [6.45, 7) is 0. The molecule has 2 aromatic carbocycles. The standard InChI is InChI=1S/C16H12ClNO4S/c1-18-14(15(19)10-5-4-6-11(17)9-10)16(20)12-7-2-3-8-13(12)23(18,21)22/h2-9,14H,1H3. The van der Waals surface area contributed by atoms with Gasteiger partial charge >= 0.3 is 0 Å². The van der Waals surface area contributed by atoms with Gasteiger partial charge in [0.2, 0.25) is 10.0 Å². The third kappa shape index (κ3) is 2.49. The maximum Gasteiger partial charge on any atom is 0.244 e. The monoisotopic (exact) mass is 349 g/mol. The van der Waals surface area contributed by atoms with Crippen LogP contribution >= 0.6 is 11.6 Å². The van der Waals surface area contributed by atoms with E-state index in [1.165, 1.54) is 37.4 Å². The summed E-state index contributed by atoms with van der Waals surface area (Å²) in [5.41, 5.74) is 0.225. The summed E-state index contributed by atoms with van der Waals surface area (Å²) in [5, 5.41) is 0.338. The minimum atomic E-state index is -3.91. The van der Waals surface area contributed by atoms with Crippen LogP contribution in [0, 0.1) is 0 Å².